The highest BCUT2D eigenvalue weighted by molar-refractivity contribution is 7.99. The molecule has 7 rings (SSSR count). The van der Waals surface area contributed by atoms with E-state index in [0.717, 1.165) is 27.8 Å². The second-order valence-electron chi connectivity index (χ2n) is 20.2. The first-order valence-corrected chi connectivity index (χ1v) is 26.0. The van der Waals surface area contributed by atoms with Crippen LogP contribution in [0.25, 0.3) is 0 Å². The molecule has 0 bridgehead atoms. The third kappa shape index (κ3) is 16.0. The van der Waals surface area contributed by atoms with Gasteiger partial charge in [-0.2, -0.15) is 0 Å². The molecule has 0 saturated carbocycles. The summed E-state index contributed by atoms with van der Waals surface area (Å²) < 4.78 is 67.7. The average molecular weight is 1010 g/mol. The van der Waals surface area contributed by atoms with Crippen LogP contribution in [-0.2, 0) is 90.0 Å². The standard InChI is InChI=1S/C59H72O12S/c1-8-72-55-53(71-57(61)59(5,6)7)51(66-38-45-32-22-13-23-33-45)49(64-36-43-28-18-11-19-29-43)47(69-55)40-67-54-52(70-56(60)58(2,3)4)50(65-37-44-30-20-12-21-31-44)48(63-35-42-26-16-10-17-27-42)46(68-54)39-62-34-41-24-14-9-15-25-41/h9-33,46-55H,8,34-40H2,1-7H3/t46?,47?,48-,49-,50+,51+,52?,53?,54+,55-/m0/s1. The largest absolute Gasteiger partial charge is 0.455 e. The minimum absolute atomic E-state index is 0.0908. The summed E-state index contributed by atoms with van der Waals surface area (Å²) in [4.78, 5) is 28.0. The molecule has 10 atom stereocenters. The third-order valence-corrected chi connectivity index (χ3v) is 13.2. The molecule has 2 saturated heterocycles. The van der Waals surface area contributed by atoms with Crippen molar-refractivity contribution < 1.29 is 57.0 Å². The van der Waals surface area contributed by atoms with Gasteiger partial charge in [0.1, 0.15) is 42.1 Å². The van der Waals surface area contributed by atoms with Crippen LogP contribution in [-0.4, -0.2) is 91.5 Å². The van der Waals surface area contributed by atoms with E-state index in [1.807, 2.05) is 179 Å². The molecule has 2 fully saturated rings. The maximum absolute atomic E-state index is 14.2. The molecular weight excluding hydrogens is 933 g/mol. The fraction of sp³-hybridized carbons (Fsp3) is 0.458. The summed E-state index contributed by atoms with van der Waals surface area (Å²) in [5, 5.41) is 0. The highest BCUT2D eigenvalue weighted by Crippen LogP contribution is 2.38. The SMILES string of the molecule is CCS[C@@H]1OC(CO[C@@H]2OC(COCc3ccccc3)[C@H](OCc3ccccc3)[C@@H](OCc3ccccc3)C2OC(=O)C(C)(C)C)[C@H](OCc2ccccc2)[C@@H](OCc2ccccc2)C1OC(=O)C(C)(C)C. The molecule has 72 heavy (non-hydrogen) atoms. The van der Waals surface area contributed by atoms with E-state index in [4.69, 9.17) is 47.4 Å². The maximum Gasteiger partial charge on any atom is 0.311 e. The predicted octanol–water partition coefficient (Wildman–Crippen LogP) is 10.7. The van der Waals surface area contributed by atoms with E-state index < -0.39 is 83.3 Å². The van der Waals surface area contributed by atoms with Gasteiger partial charge in [-0.05, 0) is 75.1 Å². The summed E-state index contributed by atoms with van der Waals surface area (Å²) >= 11 is 1.50. The number of thioether (sulfide) groups is 1. The predicted molar refractivity (Wildman–Crippen MR) is 276 cm³/mol. The van der Waals surface area contributed by atoms with Crippen LogP contribution in [0.3, 0.4) is 0 Å². The Labute approximate surface area is 430 Å². The Morgan fingerprint density at radius 1 is 0.431 bits per heavy atom. The third-order valence-electron chi connectivity index (χ3n) is 12.2. The Kier molecular flexibility index (Phi) is 20.5. The molecule has 2 aliphatic heterocycles. The van der Waals surface area contributed by atoms with Crippen molar-refractivity contribution in [2.45, 2.75) is 142 Å². The number of hydrogen-bond acceptors (Lipinski definition) is 13. The van der Waals surface area contributed by atoms with Crippen molar-refractivity contribution >= 4 is 23.7 Å². The average Bonchev–Trinajstić information content (AvgIpc) is 3.38. The van der Waals surface area contributed by atoms with Crippen LogP contribution in [0, 0.1) is 10.8 Å². The Balaban J connectivity index is 1.26. The lowest BCUT2D eigenvalue weighted by molar-refractivity contribution is -0.331. The van der Waals surface area contributed by atoms with Crippen LogP contribution in [0.5, 0.6) is 0 Å². The second kappa shape index (κ2) is 26.9. The minimum Gasteiger partial charge on any atom is -0.455 e. The fourth-order valence-corrected chi connectivity index (χ4v) is 9.16. The van der Waals surface area contributed by atoms with Crippen LogP contribution in [0.15, 0.2) is 152 Å². The first-order chi connectivity index (χ1) is 34.8. The van der Waals surface area contributed by atoms with Gasteiger partial charge in [-0.3, -0.25) is 9.59 Å². The first kappa shape index (κ1) is 54.8. The Morgan fingerprint density at radius 2 is 0.778 bits per heavy atom. The van der Waals surface area contributed by atoms with E-state index >= 15 is 0 Å². The van der Waals surface area contributed by atoms with E-state index in [0.29, 0.717) is 12.4 Å². The van der Waals surface area contributed by atoms with Gasteiger partial charge in [0, 0.05) is 0 Å². The van der Waals surface area contributed by atoms with Crippen LogP contribution < -0.4 is 0 Å². The molecular formula is C59H72O12S. The lowest BCUT2D eigenvalue weighted by Crippen LogP contribution is -2.64. The molecule has 13 heteroatoms. The first-order valence-electron chi connectivity index (χ1n) is 25.0. The summed E-state index contributed by atoms with van der Waals surface area (Å²) in [6.07, 6.45) is -8.14. The number of hydrogen-bond donors (Lipinski definition) is 0. The molecule has 2 aliphatic rings. The lowest BCUT2D eigenvalue weighted by atomic mass is 9.95. The second-order valence-corrected chi connectivity index (χ2v) is 21.5. The molecule has 0 N–H and O–H groups in total. The smallest absolute Gasteiger partial charge is 0.311 e. The zero-order valence-corrected chi connectivity index (χ0v) is 43.5. The Bertz CT molecular complexity index is 2350. The van der Waals surface area contributed by atoms with Crippen LogP contribution >= 0.6 is 11.8 Å². The molecule has 386 valence electrons. The summed E-state index contributed by atoms with van der Waals surface area (Å²) in [6.45, 7) is 14.0. The van der Waals surface area contributed by atoms with Gasteiger partial charge in [0.25, 0.3) is 0 Å². The number of ether oxygens (including phenoxy) is 10. The summed E-state index contributed by atoms with van der Waals surface area (Å²) in [5.41, 5.74) is 2.31. The molecule has 5 aromatic rings. The van der Waals surface area contributed by atoms with Gasteiger partial charge in [-0.1, -0.05) is 159 Å². The maximum atomic E-state index is 14.2. The molecule has 0 amide bonds. The van der Waals surface area contributed by atoms with Crippen molar-refractivity contribution in [3.8, 4) is 0 Å². The lowest BCUT2D eigenvalue weighted by Gasteiger charge is -2.48. The number of benzene rings is 5. The van der Waals surface area contributed by atoms with E-state index in [1.54, 1.807) is 20.8 Å². The van der Waals surface area contributed by atoms with Crippen LogP contribution in [0.4, 0.5) is 0 Å². The van der Waals surface area contributed by atoms with Gasteiger partial charge in [0.15, 0.2) is 18.5 Å². The molecule has 0 spiro atoms. The van der Waals surface area contributed by atoms with Crippen molar-refractivity contribution in [2.24, 2.45) is 10.8 Å². The molecule has 5 aromatic carbocycles. The van der Waals surface area contributed by atoms with Gasteiger partial charge >= 0.3 is 11.9 Å². The molecule has 0 radical (unpaired) electrons. The number of carbonyl (C=O) groups excluding carboxylic acids is 2. The van der Waals surface area contributed by atoms with E-state index in [9.17, 15) is 9.59 Å². The van der Waals surface area contributed by atoms with E-state index in [1.165, 1.54) is 11.8 Å². The molecule has 0 aliphatic carbocycles. The molecule has 0 aromatic heterocycles. The number of esters is 2. The van der Waals surface area contributed by atoms with Gasteiger partial charge in [0.05, 0.1) is 57.1 Å². The zero-order chi connectivity index (χ0) is 50.9. The summed E-state index contributed by atoms with van der Waals surface area (Å²) in [7, 11) is 0. The molecule has 2 heterocycles. The molecule has 4 unspecified atom stereocenters. The number of carbonyl (C=O) groups is 2. The van der Waals surface area contributed by atoms with Crippen molar-refractivity contribution in [1.82, 2.24) is 0 Å². The monoisotopic (exact) mass is 1000 g/mol. The van der Waals surface area contributed by atoms with Gasteiger partial charge in [-0.15, -0.1) is 11.8 Å². The Morgan fingerprint density at radius 3 is 1.17 bits per heavy atom. The van der Waals surface area contributed by atoms with Gasteiger partial charge < -0.3 is 47.4 Å². The van der Waals surface area contributed by atoms with E-state index in [-0.39, 0.29) is 39.6 Å². The van der Waals surface area contributed by atoms with E-state index in [2.05, 4.69) is 0 Å². The highest BCUT2D eigenvalue weighted by atomic mass is 32.2. The molecule has 12 nitrogen and oxygen atoms in total. The van der Waals surface area contributed by atoms with Crippen molar-refractivity contribution in [2.75, 3.05) is 19.0 Å². The highest BCUT2D eigenvalue weighted by Gasteiger charge is 2.54. The fourth-order valence-electron chi connectivity index (χ4n) is 8.22. The van der Waals surface area contributed by atoms with Crippen LogP contribution in [0.2, 0.25) is 0 Å². The van der Waals surface area contributed by atoms with Crippen molar-refractivity contribution in [3.63, 3.8) is 0 Å². The normalized spacial score (nSPS) is 24.6. The van der Waals surface area contributed by atoms with Crippen molar-refractivity contribution in [1.29, 1.82) is 0 Å². The topological polar surface area (TPSA) is 126 Å². The van der Waals surface area contributed by atoms with Gasteiger partial charge in [0.2, 0.25) is 0 Å². The quantitative estimate of drug-likeness (QED) is 0.0577. The van der Waals surface area contributed by atoms with Crippen molar-refractivity contribution in [3.05, 3.63) is 179 Å². The number of rotatable bonds is 23. The summed E-state index contributed by atoms with van der Waals surface area (Å²) in [6, 6.07) is 49.2. The Hall–Kier alpha value is -4.93. The zero-order valence-electron chi connectivity index (χ0n) is 42.7. The van der Waals surface area contributed by atoms with Crippen LogP contribution in [0.1, 0.15) is 76.3 Å². The van der Waals surface area contributed by atoms with Gasteiger partial charge in [-0.25, -0.2) is 0 Å². The summed E-state index contributed by atoms with van der Waals surface area (Å²) in [5.74, 6) is -0.226. The minimum atomic E-state index is -1.21.